The Bertz CT molecular complexity index is 618. The molecular weight excluding hydrogens is 358 g/mol. The van der Waals surface area contributed by atoms with Crippen molar-refractivity contribution in [1.82, 2.24) is 20.9 Å². The Kier molecular flexibility index (Phi) is 10.2. The maximum Gasteiger partial charge on any atom is 0.251 e. The minimum Gasteiger partial charge on any atom is -0.497 e. The fraction of sp³-hybridized carbons (Fsp3) is 0.600. The first kappa shape index (κ1) is 22.0. The summed E-state index contributed by atoms with van der Waals surface area (Å²) in [4.78, 5) is 19.2. The van der Waals surface area contributed by atoms with Crippen LogP contribution in [0.1, 0.15) is 23.7 Å². The summed E-state index contributed by atoms with van der Waals surface area (Å²) in [6, 6.07) is 7.11. The van der Waals surface area contributed by atoms with Gasteiger partial charge in [0.1, 0.15) is 5.75 Å². The molecule has 8 heteroatoms. The summed E-state index contributed by atoms with van der Waals surface area (Å²) in [5, 5.41) is 9.39. The number of hydrogen-bond acceptors (Lipinski definition) is 5. The summed E-state index contributed by atoms with van der Waals surface area (Å²) < 4.78 is 10.5. The largest absolute Gasteiger partial charge is 0.497 e. The predicted molar refractivity (Wildman–Crippen MR) is 111 cm³/mol. The van der Waals surface area contributed by atoms with Gasteiger partial charge in [0, 0.05) is 51.4 Å². The van der Waals surface area contributed by atoms with Crippen LogP contribution in [0.3, 0.4) is 0 Å². The topological polar surface area (TPSA) is 87.2 Å². The first-order chi connectivity index (χ1) is 13.7. The summed E-state index contributed by atoms with van der Waals surface area (Å²) in [7, 11) is 1.59. The predicted octanol–water partition coefficient (Wildman–Crippen LogP) is 0.702. The number of morpholine rings is 1. The van der Waals surface area contributed by atoms with Crippen LogP contribution >= 0.6 is 0 Å². The van der Waals surface area contributed by atoms with Crippen LogP contribution in [0.15, 0.2) is 29.3 Å². The smallest absolute Gasteiger partial charge is 0.251 e. The molecule has 0 spiro atoms. The number of carbonyl (C=O) groups excluding carboxylic acids is 1. The highest BCUT2D eigenvalue weighted by atomic mass is 16.5. The number of guanidine groups is 1. The van der Waals surface area contributed by atoms with Crippen LogP contribution in [-0.4, -0.2) is 82.9 Å². The molecule has 28 heavy (non-hydrogen) atoms. The molecule has 2 rings (SSSR count). The third-order valence-corrected chi connectivity index (χ3v) is 4.39. The number of nitrogens with one attached hydrogen (secondary N) is 3. The summed E-state index contributed by atoms with van der Waals surface area (Å²) in [5.41, 5.74) is 0.586. The van der Waals surface area contributed by atoms with E-state index in [0.717, 1.165) is 58.3 Å². The molecule has 1 amide bonds. The van der Waals surface area contributed by atoms with Gasteiger partial charge in [-0.1, -0.05) is 6.07 Å². The molecule has 1 aromatic carbocycles. The lowest BCUT2D eigenvalue weighted by Gasteiger charge is -2.26. The van der Waals surface area contributed by atoms with Crippen molar-refractivity contribution in [2.45, 2.75) is 13.3 Å². The SMILES string of the molecule is CCNC(=NCCCN1CCOCC1)NCCNC(=O)c1cccc(OC)c1. The van der Waals surface area contributed by atoms with E-state index < -0.39 is 0 Å². The molecular formula is C20H33N5O3. The van der Waals surface area contributed by atoms with Crippen molar-refractivity contribution in [2.75, 3.05) is 66.1 Å². The summed E-state index contributed by atoms with van der Waals surface area (Å²) in [6.45, 7) is 9.43. The zero-order valence-electron chi connectivity index (χ0n) is 17.0. The van der Waals surface area contributed by atoms with Gasteiger partial charge in [0.15, 0.2) is 5.96 Å². The number of benzene rings is 1. The van der Waals surface area contributed by atoms with Gasteiger partial charge in [0.05, 0.1) is 20.3 Å². The summed E-state index contributed by atoms with van der Waals surface area (Å²) in [6.07, 6.45) is 1.02. The molecule has 0 atom stereocenters. The van der Waals surface area contributed by atoms with Crippen molar-refractivity contribution in [3.05, 3.63) is 29.8 Å². The Morgan fingerprint density at radius 1 is 1.21 bits per heavy atom. The average molecular weight is 392 g/mol. The summed E-state index contributed by atoms with van der Waals surface area (Å²) in [5.74, 6) is 1.33. The van der Waals surface area contributed by atoms with Crippen molar-refractivity contribution in [3.8, 4) is 5.75 Å². The highest BCUT2D eigenvalue weighted by Crippen LogP contribution is 2.12. The van der Waals surface area contributed by atoms with Crippen LogP contribution in [0.25, 0.3) is 0 Å². The zero-order chi connectivity index (χ0) is 20.0. The van der Waals surface area contributed by atoms with E-state index in [1.165, 1.54) is 0 Å². The van der Waals surface area contributed by atoms with Gasteiger partial charge in [0.2, 0.25) is 0 Å². The third-order valence-electron chi connectivity index (χ3n) is 4.39. The van der Waals surface area contributed by atoms with Crippen molar-refractivity contribution >= 4 is 11.9 Å². The van der Waals surface area contributed by atoms with Crippen molar-refractivity contribution in [1.29, 1.82) is 0 Å². The lowest BCUT2D eigenvalue weighted by Crippen LogP contribution is -2.41. The van der Waals surface area contributed by atoms with Crippen LogP contribution in [0.4, 0.5) is 0 Å². The first-order valence-electron chi connectivity index (χ1n) is 9.97. The molecule has 0 saturated carbocycles. The lowest BCUT2D eigenvalue weighted by atomic mass is 10.2. The second-order valence-corrected chi connectivity index (χ2v) is 6.48. The number of carbonyl (C=O) groups is 1. The van der Waals surface area contributed by atoms with Crippen LogP contribution in [0.2, 0.25) is 0 Å². The molecule has 0 aromatic heterocycles. The Morgan fingerprint density at radius 2 is 2.00 bits per heavy atom. The second-order valence-electron chi connectivity index (χ2n) is 6.48. The van der Waals surface area contributed by atoms with Crippen molar-refractivity contribution in [2.24, 2.45) is 4.99 Å². The van der Waals surface area contributed by atoms with Gasteiger partial charge in [-0.05, 0) is 31.5 Å². The van der Waals surface area contributed by atoms with Gasteiger partial charge < -0.3 is 25.4 Å². The number of aliphatic imine (C=N–C) groups is 1. The number of rotatable bonds is 10. The van der Waals surface area contributed by atoms with E-state index in [4.69, 9.17) is 9.47 Å². The standard InChI is InChI=1S/C20H33N5O3/c1-3-21-20(23-8-5-11-25-12-14-28-15-13-25)24-10-9-22-19(26)17-6-4-7-18(16-17)27-2/h4,6-7,16H,3,5,8-15H2,1-2H3,(H,22,26)(H2,21,23,24). The van der Waals surface area contributed by atoms with E-state index in [9.17, 15) is 4.79 Å². The number of ether oxygens (including phenoxy) is 2. The van der Waals surface area contributed by atoms with E-state index >= 15 is 0 Å². The highest BCUT2D eigenvalue weighted by Gasteiger charge is 2.09. The summed E-state index contributed by atoms with van der Waals surface area (Å²) >= 11 is 0. The molecule has 0 radical (unpaired) electrons. The third kappa shape index (κ3) is 8.14. The van der Waals surface area contributed by atoms with Gasteiger partial charge >= 0.3 is 0 Å². The first-order valence-corrected chi connectivity index (χ1v) is 9.97. The molecule has 1 aliphatic heterocycles. The number of amides is 1. The normalized spacial score (nSPS) is 15.1. The van der Waals surface area contributed by atoms with E-state index in [1.54, 1.807) is 25.3 Å². The Morgan fingerprint density at radius 3 is 2.75 bits per heavy atom. The Balaban J connectivity index is 1.66. The molecule has 0 bridgehead atoms. The van der Waals surface area contributed by atoms with Gasteiger partial charge in [-0.25, -0.2) is 0 Å². The molecule has 1 heterocycles. The number of nitrogens with zero attached hydrogens (tertiary/aromatic N) is 2. The molecule has 1 aromatic rings. The molecule has 1 saturated heterocycles. The average Bonchev–Trinajstić information content (AvgIpc) is 2.74. The molecule has 0 aliphatic carbocycles. The maximum absolute atomic E-state index is 12.2. The van der Waals surface area contributed by atoms with Crippen LogP contribution in [0, 0.1) is 0 Å². The molecule has 0 unspecified atom stereocenters. The van der Waals surface area contributed by atoms with Crippen LogP contribution in [0.5, 0.6) is 5.75 Å². The van der Waals surface area contributed by atoms with Gasteiger partial charge in [-0.15, -0.1) is 0 Å². The molecule has 8 nitrogen and oxygen atoms in total. The van der Waals surface area contributed by atoms with Gasteiger partial charge in [-0.2, -0.15) is 0 Å². The molecule has 1 fully saturated rings. The van der Waals surface area contributed by atoms with E-state index in [-0.39, 0.29) is 5.91 Å². The maximum atomic E-state index is 12.2. The molecule has 156 valence electrons. The number of hydrogen-bond donors (Lipinski definition) is 3. The Hall–Kier alpha value is -2.32. The monoisotopic (exact) mass is 391 g/mol. The minimum atomic E-state index is -0.117. The quantitative estimate of drug-likeness (QED) is 0.309. The number of methoxy groups -OCH3 is 1. The molecule has 1 aliphatic rings. The van der Waals surface area contributed by atoms with Crippen LogP contribution < -0.4 is 20.7 Å². The van der Waals surface area contributed by atoms with Gasteiger partial charge in [0.25, 0.3) is 5.91 Å². The van der Waals surface area contributed by atoms with Crippen LogP contribution in [-0.2, 0) is 4.74 Å². The fourth-order valence-corrected chi connectivity index (χ4v) is 2.88. The van der Waals surface area contributed by atoms with E-state index in [2.05, 4.69) is 25.8 Å². The van der Waals surface area contributed by atoms with Crippen molar-refractivity contribution in [3.63, 3.8) is 0 Å². The van der Waals surface area contributed by atoms with Crippen molar-refractivity contribution < 1.29 is 14.3 Å². The molecule has 3 N–H and O–H groups in total. The zero-order valence-corrected chi connectivity index (χ0v) is 17.0. The highest BCUT2D eigenvalue weighted by molar-refractivity contribution is 5.94. The van der Waals surface area contributed by atoms with Gasteiger partial charge in [-0.3, -0.25) is 14.7 Å². The van der Waals surface area contributed by atoms with E-state index in [1.807, 2.05) is 13.0 Å². The van der Waals surface area contributed by atoms with E-state index in [0.29, 0.717) is 24.4 Å². The second kappa shape index (κ2) is 13.0. The minimum absolute atomic E-state index is 0.117. The Labute approximate surface area is 167 Å². The lowest BCUT2D eigenvalue weighted by molar-refractivity contribution is 0.0377. The fourth-order valence-electron chi connectivity index (χ4n) is 2.88.